The summed E-state index contributed by atoms with van der Waals surface area (Å²) < 4.78 is 7.82. The van der Waals surface area contributed by atoms with Gasteiger partial charge in [-0.2, -0.15) is 10.1 Å². The molecule has 1 saturated heterocycles. The maximum absolute atomic E-state index is 5.91. The summed E-state index contributed by atoms with van der Waals surface area (Å²) in [6, 6.07) is 1.99. The minimum Gasteiger partial charge on any atom is -0.373 e. The van der Waals surface area contributed by atoms with Gasteiger partial charge >= 0.3 is 0 Å². The van der Waals surface area contributed by atoms with Crippen molar-refractivity contribution in [3.05, 3.63) is 23.4 Å². The van der Waals surface area contributed by atoms with E-state index in [1.807, 2.05) is 50.5 Å². The van der Waals surface area contributed by atoms with Crippen LogP contribution in [0, 0.1) is 20.8 Å². The number of aryl methyl sites for hydroxylation is 3. The Morgan fingerprint density at radius 1 is 1.21 bits per heavy atom. The average molecular weight is 331 g/mol. The van der Waals surface area contributed by atoms with E-state index in [0.29, 0.717) is 13.2 Å². The molecule has 0 spiro atoms. The Balaban J connectivity index is 1.75. The minimum absolute atomic E-state index is 0.0467. The molecule has 0 N–H and O–H groups in total. The zero-order valence-electron chi connectivity index (χ0n) is 15.0. The summed E-state index contributed by atoms with van der Waals surface area (Å²) >= 11 is 0. The van der Waals surface area contributed by atoms with Crippen LogP contribution >= 0.6 is 0 Å². The van der Waals surface area contributed by atoms with E-state index in [1.165, 1.54) is 0 Å². The van der Waals surface area contributed by atoms with Crippen molar-refractivity contribution in [2.45, 2.75) is 33.4 Å². The van der Waals surface area contributed by atoms with E-state index in [1.54, 1.807) is 0 Å². The number of ether oxygens (including phenoxy) is 1. The number of nitrogens with zero attached hydrogens (tertiary/aromatic N) is 7. The van der Waals surface area contributed by atoms with E-state index < -0.39 is 0 Å². The summed E-state index contributed by atoms with van der Waals surface area (Å²) in [6.07, 6.45) is 0.0467. The normalized spacial score (nSPS) is 18.0. The standard InChI is InChI=1S/C16H25N7O/c1-11-8-15(21(4)5)19-16(17-11)22-6-7-24-14(9-22)10-23-13(3)18-12(2)20-23/h8,14H,6-7,9-10H2,1-5H3. The van der Waals surface area contributed by atoms with E-state index in [-0.39, 0.29) is 6.10 Å². The van der Waals surface area contributed by atoms with Crippen LogP contribution < -0.4 is 9.80 Å². The van der Waals surface area contributed by atoms with Gasteiger partial charge in [-0.25, -0.2) is 14.6 Å². The van der Waals surface area contributed by atoms with Crippen LogP contribution in [0.5, 0.6) is 0 Å². The molecule has 0 amide bonds. The molecule has 3 heterocycles. The highest BCUT2D eigenvalue weighted by molar-refractivity contribution is 5.45. The number of hydrogen-bond acceptors (Lipinski definition) is 7. The fraction of sp³-hybridized carbons (Fsp3) is 0.625. The van der Waals surface area contributed by atoms with Gasteiger partial charge in [-0.15, -0.1) is 0 Å². The zero-order valence-corrected chi connectivity index (χ0v) is 15.0. The third kappa shape index (κ3) is 3.64. The van der Waals surface area contributed by atoms with Gasteiger partial charge in [0.15, 0.2) is 0 Å². The van der Waals surface area contributed by atoms with Gasteiger partial charge in [0.25, 0.3) is 0 Å². The van der Waals surface area contributed by atoms with E-state index in [4.69, 9.17) is 4.74 Å². The highest BCUT2D eigenvalue weighted by atomic mass is 16.5. The second kappa shape index (κ2) is 6.72. The van der Waals surface area contributed by atoms with Gasteiger partial charge in [-0.1, -0.05) is 0 Å². The number of morpholine rings is 1. The largest absolute Gasteiger partial charge is 0.373 e. The number of rotatable bonds is 4. The molecular weight excluding hydrogens is 306 g/mol. The minimum atomic E-state index is 0.0467. The first-order chi connectivity index (χ1) is 11.4. The molecule has 24 heavy (non-hydrogen) atoms. The molecule has 8 nitrogen and oxygen atoms in total. The molecule has 1 aliphatic rings. The Bertz CT molecular complexity index is 712. The second-order valence-corrected chi connectivity index (χ2v) is 6.39. The lowest BCUT2D eigenvalue weighted by Gasteiger charge is -2.33. The summed E-state index contributed by atoms with van der Waals surface area (Å²) in [5.41, 5.74) is 0.967. The van der Waals surface area contributed by atoms with Crippen LogP contribution in [-0.4, -0.2) is 64.6 Å². The maximum atomic E-state index is 5.91. The van der Waals surface area contributed by atoms with Gasteiger partial charge < -0.3 is 14.5 Å². The monoisotopic (exact) mass is 331 g/mol. The number of hydrogen-bond donors (Lipinski definition) is 0. The third-order valence-electron chi connectivity index (χ3n) is 4.05. The average Bonchev–Trinajstić information content (AvgIpc) is 2.84. The summed E-state index contributed by atoms with van der Waals surface area (Å²) in [6.45, 7) is 8.75. The first-order valence-corrected chi connectivity index (χ1v) is 8.20. The Labute approximate surface area is 142 Å². The van der Waals surface area contributed by atoms with E-state index >= 15 is 0 Å². The first kappa shape index (κ1) is 16.6. The lowest BCUT2D eigenvalue weighted by atomic mass is 10.2. The van der Waals surface area contributed by atoms with Crippen molar-refractivity contribution in [3.8, 4) is 0 Å². The number of anilines is 2. The molecule has 1 fully saturated rings. The lowest BCUT2D eigenvalue weighted by molar-refractivity contribution is 0.0264. The summed E-state index contributed by atoms with van der Waals surface area (Å²) in [4.78, 5) is 17.8. The summed E-state index contributed by atoms with van der Waals surface area (Å²) in [5, 5.41) is 4.42. The molecule has 0 radical (unpaired) electrons. The van der Waals surface area contributed by atoms with E-state index in [2.05, 4.69) is 25.0 Å². The molecule has 0 bridgehead atoms. The first-order valence-electron chi connectivity index (χ1n) is 8.20. The highest BCUT2D eigenvalue weighted by Crippen LogP contribution is 2.18. The van der Waals surface area contributed by atoms with Gasteiger partial charge in [0.1, 0.15) is 17.5 Å². The van der Waals surface area contributed by atoms with Gasteiger partial charge in [0.2, 0.25) is 5.95 Å². The molecule has 1 unspecified atom stereocenters. The highest BCUT2D eigenvalue weighted by Gasteiger charge is 2.24. The fourth-order valence-corrected chi connectivity index (χ4v) is 2.85. The van der Waals surface area contributed by atoms with E-state index in [9.17, 15) is 0 Å². The molecule has 2 aromatic rings. The Kier molecular flexibility index (Phi) is 4.66. The SMILES string of the molecule is Cc1cc(N(C)C)nc(N2CCOC(Cn3nc(C)nc3C)C2)n1. The molecule has 2 aromatic heterocycles. The summed E-state index contributed by atoms with van der Waals surface area (Å²) in [5.74, 6) is 3.38. The van der Waals surface area contributed by atoms with Crippen LogP contribution in [0.25, 0.3) is 0 Å². The molecular formula is C16H25N7O. The molecule has 1 aliphatic heterocycles. The van der Waals surface area contributed by atoms with Crippen molar-refractivity contribution < 1.29 is 4.74 Å². The fourth-order valence-electron chi connectivity index (χ4n) is 2.85. The predicted octanol–water partition coefficient (Wildman–Crippen LogP) is 0.965. The van der Waals surface area contributed by atoms with Crippen molar-refractivity contribution >= 4 is 11.8 Å². The molecule has 0 aromatic carbocycles. The van der Waals surface area contributed by atoms with Crippen LogP contribution in [0.4, 0.5) is 11.8 Å². The lowest BCUT2D eigenvalue weighted by Crippen LogP contribution is -2.45. The quantitative estimate of drug-likeness (QED) is 0.826. The smallest absolute Gasteiger partial charge is 0.227 e. The van der Waals surface area contributed by atoms with Crippen molar-refractivity contribution in [2.24, 2.45) is 0 Å². The number of aromatic nitrogens is 5. The molecule has 1 atom stereocenters. The van der Waals surface area contributed by atoms with Crippen LogP contribution in [-0.2, 0) is 11.3 Å². The molecule has 130 valence electrons. The Morgan fingerprint density at radius 2 is 2.00 bits per heavy atom. The van der Waals surface area contributed by atoms with Crippen LogP contribution in [0.2, 0.25) is 0 Å². The van der Waals surface area contributed by atoms with Crippen molar-refractivity contribution in [3.63, 3.8) is 0 Å². The van der Waals surface area contributed by atoms with Crippen LogP contribution in [0.3, 0.4) is 0 Å². The van der Waals surface area contributed by atoms with Gasteiger partial charge in [0.05, 0.1) is 19.3 Å². The van der Waals surface area contributed by atoms with Gasteiger partial charge in [-0.3, -0.25) is 0 Å². The van der Waals surface area contributed by atoms with Gasteiger partial charge in [-0.05, 0) is 20.8 Å². The topological polar surface area (TPSA) is 72.2 Å². The third-order valence-corrected chi connectivity index (χ3v) is 4.05. The molecule has 3 rings (SSSR count). The Morgan fingerprint density at radius 3 is 2.67 bits per heavy atom. The molecule has 0 aliphatic carbocycles. The van der Waals surface area contributed by atoms with Crippen molar-refractivity contribution in [2.75, 3.05) is 43.6 Å². The second-order valence-electron chi connectivity index (χ2n) is 6.39. The van der Waals surface area contributed by atoms with Gasteiger partial charge in [0, 0.05) is 38.9 Å². The van der Waals surface area contributed by atoms with E-state index in [0.717, 1.165) is 42.2 Å². The van der Waals surface area contributed by atoms with Crippen LogP contribution in [0.1, 0.15) is 17.3 Å². The predicted molar refractivity (Wildman–Crippen MR) is 92.5 cm³/mol. The van der Waals surface area contributed by atoms with Crippen molar-refractivity contribution in [1.82, 2.24) is 24.7 Å². The zero-order chi connectivity index (χ0) is 17.3. The summed E-state index contributed by atoms with van der Waals surface area (Å²) in [7, 11) is 3.98. The Hall–Kier alpha value is -2.22. The van der Waals surface area contributed by atoms with Crippen molar-refractivity contribution in [1.29, 1.82) is 0 Å². The maximum Gasteiger partial charge on any atom is 0.227 e. The molecule has 8 heteroatoms. The van der Waals surface area contributed by atoms with Crippen LogP contribution in [0.15, 0.2) is 6.07 Å². The molecule has 0 saturated carbocycles.